The standard InChI is InChI=1S/C15H17IN2S/c1-18(19-16)15(13-10-6-3-7-11-13)14(17)12-8-4-2-5-9-12/h2-11,14-15H,17H2,1H3/t14-,15-/m1/s1. The van der Waals surface area contributed by atoms with E-state index >= 15 is 0 Å². The van der Waals surface area contributed by atoms with Gasteiger partial charge in [-0.1, -0.05) is 60.7 Å². The average molecular weight is 384 g/mol. The number of hydrogen-bond donors (Lipinski definition) is 1. The fraction of sp³-hybridized carbons (Fsp3) is 0.200. The van der Waals surface area contributed by atoms with E-state index in [1.54, 1.807) is 9.12 Å². The topological polar surface area (TPSA) is 29.3 Å². The normalized spacial score (nSPS) is 14.3. The second-order valence-electron chi connectivity index (χ2n) is 4.41. The molecule has 0 saturated heterocycles. The highest BCUT2D eigenvalue weighted by Crippen LogP contribution is 2.37. The molecule has 0 bridgehead atoms. The molecule has 4 heteroatoms. The number of nitrogens with two attached hydrogens (primary N) is 1. The van der Waals surface area contributed by atoms with Crippen LogP contribution >= 0.6 is 30.3 Å². The molecule has 2 aromatic rings. The van der Waals surface area contributed by atoms with Crippen molar-refractivity contribution in [2.45, 2.75) is 12.1 Å². The smallest absolute Gasteiger partial charge is 0.0649 e. The van der Waals surface area contributed by atoms with Crippen LogP contribution in [0.1, 0.15) is 23.2 Å². The van der Waals surface area contributed by atoms with Crippen molar-refractivity contribution >= 4 is 30.3 Å². The van der Waals surface area contributed by atoms with Gasteiger partial charge in [0.15, 0.2) is 0 Å². The second-order valence-corrected chi connectivity index (χ2v) is 6.30. The maximum atomic E-state index is 6.49. The minimum absolute atomic E-state index is 0.0455. The number of benzene rings is 2. The molecule has 0 amide bonds. The molecule has 2 N–H and O–H groups in total. The van der Waals surface area contributed by atoms with Crippen LogP contribution in [-0.2, 0) is 0 Å². The Bertz CT molecular complexity index is 492. The van der Waals surface area contributed by atoms with Crippen LogP contribution in [0, 0.1) is 0 Å². The van der Waals surface area contributed by atoms with Gasteiger partial charge in [0, 0.05) is 21.2 Å². The van der Waals surface area contributed by atoms with Crippen molar-refractivity contribution in [1.29, 1.82) is 0 Å². The van der Waals surface area contributed by atoms with Crippen LogP contribution in [0.3, 0.4) is 0 Å². The molecule has 2 nitrogen and oxygen atoms in total. The second kappa shape index (κ2) is 7.28. The lowest BCUT2D eigenvalue weighted by Crippen LogP contribution is -2.29. The summed E-state index contributed by atoms with van der Waals surface area (Å²) in [7, 11) is 3.75. The molecule has 0 saturated carbocycles. The number of nitrogens with zero attached hydrogens (tertiary/aromatic N) is 1. The maximum Gasteiger partial charge on any atom is 0.0649 e. The summed E-state index contributed by atoms with van der Waals surface area (Å²) in [6.45, 7) is 0. The van der Waals surface area contributed by atoms with Gasteiger partial charge in [-0.2, -0.15) is 0 Å². The van der Waals surface area contributed by atoms with E-state index in [0.29, 0.717) is 0 Å². The van der Waals surface area contributed by atoms with Crippen molar-refractivity contribution < 1.29 is 0 Å². The molecule has 2 atom stereocenters. The largest absolute Gasteiger partial charge is 0.322 e. The third kappa shape index (κ3) is 3.72. The lowest BCUT2D eigenvalue weighted by Gasteiger charge is -2.31. The maximum absolute atomic E-state index is 6.49. The lowest BCUT2D eigenvalue weighted by molar-refractivity contribution is 0.362. The number of hydrogen-bond acceptors (Lipinski definition) is 3. The van der Waals surface area contributed by atoms with Gasteiger partial charge < -0.3 is 5.73 Å². The fourth-order valence-electron chi connectivity index (χ4n) is 2.19. The van der Waals surface area contributed by atoms with Crippen LogP contribution in [0.4, 0.5) is 0 Å². The summed E-state index contributed by atoms with van der Waals surface area (Å²) in [4.78, 5) is 0. The van der Waals surface area contributed by atoms with Crippen molar-refractivity contribution in [1.82, 2.24) is 4.31 Å². The predicted octanol–water partition coefficient (Wildman–Crippen LogP) is 4.36. The third-order valence-electron chi connectivity index (χ3n) is 3.17. The highest BCUT2D eigenvalue weighted by Gasteiger charge is 2.25. The van der Waals surface area contributed by atoms with E-state index in [9.17, 15) is 0 Å². The van der Waals surface area contributed by atoms with Gasteiger partial charge in [0.1, 0.15) is 0 Å². The van der Waals surface area contributed by atoms with Gasteiger partial charge in [0.05, 0.1) is 12.1 Å². The van der Waals surface area contributed by atoms with Crippen LogP contribution in [0.25, 0.3) is 0 Å². The SMILES string of the molecule is CN(SI)[C@H](c1ccccc1)[C@H](N)c1ccccc1. The van der Waals surface area contributed by atoms with Gasteiger partial charge in [0.2, 0.25) is 0 Å². The molecular weight excluding hydrogens is 367 g/mol. The highest BCUT2D eigenvalue weighted by molar-refractivity contribution is 14.2. The van der Waals surface area contributed by atoms with Crippen LogP contribution in [-0.4, -0.2) is 11.4 Å². The summed E-state index contributed by atoms with van der Waals surface area (Å²) in [6.07, 6.45) is 0. The van der Waals surface area contributed by atoms with Crippen LogP contribution in [0.5, 0.6) is 0 Å². The van der Waals surface area contributed by atoms with E-state index in [2.05, 4.69) is 69.0 Å². The summed E-state index contributed by atoms with van der Waals surface area (Å²) in [5, 5.41) is 0. The molecule has 0 aromatic heterocycles. The first-order chi connectivity index (χ1) is 9.24. The number of rotatable bonds is 5. The Kier molecular flexibility index (Phi) is 5.69. The van der Waals surface area contributed by atoms with Crippen molar-refractivity contribution in [2.24, 2.45) is 5.73 Å². The van der Waals surface area contributed by atoms with E-state index in [4.69, 9.17) is 5.73 Å². The minimum Gasteiger partial charge on any atom is -0.322 e. The molecule has 19 heavy (non-hydrogen) atoms. The molecule has 0 aliphatic rings. The lowest BCUT2D eigenvalue weighted by atomic mass is 9.94. The predicted molar refractivity (Wildman–Crippen MR) is 91.9 cm³/mol. The summed E-state index contributed by atoms with van der Waals surface area (Å²) in [6, 6.07) is 20.8. The highest BCUT2D eigenvalue weighted by atomic mass is 127. The number of likely N-dealkylation sites (N-methyl/N-ethyl adjacent to an activating group) is 1. The molecule has 0 fully saturated rings. The van der Waals surface area contributed by atoms with E-state index in [0.717, 1.165) is 5.56 Å². The third-order valence-corrected chi connectivity index (χ3v) is 5.48. The minimum atomic E-state index is -0.0455. The Labute approximate surface area is 131 Å². The first kappa shape index (κ1) is 14.8. The van der Waals surface area contributed by atoms with Crippen LogP contribution in [0.15, 0.2) is 60.7 Å². The monoisotopic (exact) mass is 384 g/mol. The molecule has 2 rings (SSSR count). The molecule has 0 heterocycles. The molecule has 100 valence electrons. The van der Waals surface area contributed by atoms with E-state index in [-0.39, 0.29) is 12.1 Å². The van der Waals surface area contributed by atoms with E-state index < -0.39 is 0 Å². The van der Waals surface area contributed by atoms with Crippen LogP contribution < -0.4 is 5.73 Å². The van der Waals surface area contributed by atoms with Crippen molar-refractivity contribution in [3.8, 4) is 0 Å². The van der Waals surface area contributed by atoms with Gasteiger partial charge in [-0.15, -0.1) is 0 Å². The van der Waals surface area contributed by atoms with E-state index in [1.807, 2.05) is 24.3 Å². The van der Waals surface area contributed by atoms with E-state index in [1.165, 1.54) is 5.56 Å². The Morgan fingerprint density at radius 1 is 0.947 bits per heavy atom. The van der Waals surface area contributed by atoms with Gasteiger partial charge in [-0.3, -0.25) is 0 Å². The first-order valence-corrected chi connectivity index (χ1v) is 9.42. The first-order valence-electron chi connectivity index (χ1n) is 6.11. The zero-order valence-electron chi connectivity index (χ0n) is 10.7. The Hall–Kier alpha value is -0.560. The molecule has 0 aliphatic carbocycles. The quantitative estimate of drug-likeness (QED) is 0.614. The summed E-state index contributed by atoms with van der Waals surface area (Å²) in [5.74, 6) is 0. The van der Waals surface area contributed by atoms with Crippen molar-refractivity contribution in [2.75, 3.05) is 7.05 Å². The Morgan fingerprint density at radius 2 is 1.42 bits per heavy atom. The van der Waals surface area contributed by atoms with Gasteiger partial charge in [-0.25, -0.2) is 4.31 Å². The summed E-state index contributed by atoms with van der Waals surface area (Å²) < 4.78 is 2.20. The van der Waals surface area contributed by atoms with Gasteiger partial charge in [0.25, 0.3) is 0 Å². The number of halogens is 1. The Morgan fingerprint density at radius 3 is 1.89 bits per heavy atom. The average Bonchev–Trinajstić information content (AvgIpc) is 2.49. The molecule has 0 radical (unpaired) electrons. The fourth-order valence-corrected chi connectivity index (χ4v) is 3.27. The van der Waals surface area contributed by atoms with Crippen molar-refractivity contribution in [3.05, 3.63) is 71.8 Å². The zero-order valence-corrected chi connectivity index (χ0v) is 13.7. The molecule has 0 unspecified atom stereocenters. The molecule has 2 aromatic carbocycles. The molecular formula is C15H17IN2S. The Balaban J connectivity index is 2.34. The van der Waals surface area contributed by atoms with Gasteiger partial charge in [-0.05, 0) is 27.3 Å². The molecule has 0 aliphatic heterocycles. The molecule has 0 spiro atoms. The zero-order chi connectivity index (χ0) is 13.7. The van der Waals surface area contributed by atoms with Crippen molar-refractivity contribution in [3.63, 3.8) is 0 Å². The van der Waals surface area contributed by atoms with Gasteiger partial charge >= 0.3 is 0 Å². The summed E-state index contributed by atoms with van der Waals surface area (Å²) >= 11 is 2.30. The van der Waals surface area contributed by atoms with Crippen LogP contribution in [0.2, 0.25) is 0 Å². The summed E-state index contributed by atoms with van der Waals surface area (Å²) in [5.41, 5.74) is 8.89.